The van der Waals surface area contributed by atoms with E-state index >= 15 is 0 Å². The van der Waals surface area contributed by atoms with Crippen molar-refractivity contribution >= 4 is 11.9 Å². The number of ether oxygens (including phenoxy) is 2. The molecule has 0 saturated heterocycles. The van der Waals surface area contributed by atoms with Gasteiger partial charge in [0.1, 0.15) is 0 Å². The molecule has 20 heavy (non-hydrogen) atoms. The summed E-state index contributed by atoms with van der Waals surface area (Å²) >= 11 is 0. The van der Waals surface area contributed by atoms with Gasteiger partial charge < -0.3 is 19.5 Å². The van der Waals surface area contributed by atoms with Gasteiger partial charge in [0.25, 0.3) is 0 Å². The molecule has 0 aliphatic heterocycles. The maximum Gasteiger partial charge on any atom is 0.339 e. The zero-order valence-corrected chi connectivity index (χ0v) is 12.1. The summed E-state index contributed by atoms with van der Waals surface area (Å²) in [5.41, 5.74) is 0.578. The van der Waals surface area contributed by atoms with E-state index in [9.17, 15) is 4.79 Å². The van der Waals surface area contributed by atoms with Gasteiger partial charge in [0.05, 0.1) is 17.9 Å². The van der Waals surface area contributed by atoms with Crippen LogP contribution in [-0.2, 0) is 9.47 Å². The number of anilines is 1. The average Bonchev–Trinajstić information content (AvgIpc) is 2.42. The van der Waals surface area contributed by atoms with Crippen LogP contribution in [0.25, 0.3) is 0 Å². The molecule has 0 spiro atoms. The number of nitrogens with zero attached hydrogens (tertiary/aromatic N) is 3. The molecule has 0 aromatic carbocycles. The van der Waals surface area contributed by atoms with Gasteiger partial charge in [0.15, 0.2) is 0 Å². The van der Waals surface area contributed by atoms with Crippen molar-refractivity contribution in [2.75, 3.05) is 45.4 Å². The average molecular weight is 283 g/mol. The molecule has 1 heterocycles. The number of aryl methyl sites for hydroxylation is 1. The standard InChI is InChI=1S/C13H21N3O4/c1-10-11(12(17)18)9-14-13(15-10)16(6-8-20-3)5-4-7-19-2/h9H,4-8H2,1-3H3,(H,17,18). The van der Waals surface area contributed by atoms with Crippen molar-refractivity contribution in [2.45, 2.75) is 13.3 Å². The molecule has 0 bridgehead atoms. The van der Waals surface area contributed by atoms with Crippen LogP contribution in [0.4, 0.5) is 5.95 Å². The van der Waals surface area contributed by atoms with Gasteiger partial charge >= 0.3 is 5.97 Å². The largest absolute Gasteiger partial charge is 0.478 e. The van der Waals surface area contributed by atoms with Crippen molar-refractivity contribution in [1.82, 2.24) is 9.97 Å². The van der Waals surface area contributed by atoms with Gasteiger partial charge in [-0.3, -0.25) is 0 Å². The molecule has 0 saturated carbocycles. The highest BCUT2D eigenvalue weighted by molar-refractivity contribution is 5.88. The second-order valence-electron chi connectivity index (χ2n) is 4.30. The van der Waals surface area contributed by atoms with Gasteiger partial charge in [-0.1, -0.05) is 0 Å². The number of carboxylic acids is 1. The van der Waals surface area contributed by atoms with Gasteiger partial charge in [0.2, 0.25) is 5.95 Å². The van der Waals surface area contributed by atoms with E-state index in [-0.39, 0.29) is 5.56 Å². The van der Waals surface area contributed by atoms with E-state index in [1.165, 1.54) is 6.20 Å². The van der Waals surface area contributed by atoms with E-state index in [4.69, 9.17) is 14.6 Å². The summed E-state index contributed by atoms with van der Waals surface area (Å²) in [6, 6.07) is 0. The molecule has 112 valence electrons. The highest BCUT2D eigenvalue weighted by atomic mass is 16.5. The van der Waals surface area contributed by atoms with Gasteiger partial charge in [-0.25, -0.2) is 14.8 Å². The summed E-state index contributed by atoms with van der Waals surface area (Å²) < 4.78 is 10.1. The maximum atomic E-state index is 11.0. The minimum Gasteiger partial charge on any atom is -0.478 e. The van der Waals surface area contributed by atoms with Crippen molar-refractivity contribution < 1.29 is 19.4 Å². The molecule has 7 heteroatoms. The Morgan fingerprint density at radius 2 is 2.00 bits per heavy atom. The molecule has 0 unspecified atom stereocenters. The molecule has 0 fully saturated rings. The molecule has 0 amide bonds. The first kappa shape index (κ1) is 16.3. The van der Waals surface area contributed by atoms with E-state index in [2.05, 4.69) is 9.97 Å². The highest BCUT2D eigenvalue weighted by Crippen LogP contribution is 2.12. The molecule has 0 aliphatic rings. The summed E-state index contributed by atoms with van der Waals surface area (Å²) in [6.07, 6.45) is 2.18. The summed E-state index contributed by atoms with van der Waals surface area (Å²) in [5, 5.41) is 8.98. The minimum absolute atomic E-state index is 0.123. The Morgan fingerprint density at radius 1 is 1.30 bits per heavy atom. The molecule has 7 nitrogen and oxygen atoms in total. The van der Waals surface area contributed by atoms with Crippen molar-refractivity contribution in [3.8, 4) is 0 Å². The Hall–Kier alpha value is -1.73. The summed E-state index contributed by atoms with van der Waals surface area (Å²) in [7, 11) is 3.29. The maximum absolute atomic E-state index is 11.0. The molecular formula is C13H21N3O4. The second kappa shape index (κ2) is 8.44. The van der Waals surface area contributed by atoms with Gasteiger partial charge in [-0.2, -0.15) is 0 Å². The monoisotopic (exact) mass is 283 g/mol. The first-order valence-electron chi connectivity index (χ1n) is 6.40. The lowest BCUT2D eigenvalue weighted by Gasteiger charge is -2.22. The molecule has 1 rings (SSSR count). The van der Waals surface area contributed by atoms with Crippen LogP contribution < -0.4 is 4.90 Å². The van der Waals surface area contributed by atoms with Gasteiger partial charge in [-0.15, -0.1) is 0 Å². The zero-order chi connectivity index (χ0) is 15.0. The number of aromatic carboxylic acids is 1. The molecule has 1 aromatic heterocycles. The lowest BCUT2D eigenvalue weighted by molar-refractivity contribution is 0.0695. The molecule has 0 radical (unpaired) electrons. The van der Waals surface area contributed by atoms with Crippen LogP contribution in [0, 0.1) is 6.92 Å². The lowest BCUT2D eigenvalue weighted by atomic mass is 10.2. The second-order valence-corrected chi connectivity index (χ2v) is 4.30. The predicted molar refractivity (Wildman–Crippen MR) is 74.3 cm³/mol. The van der Waals surface area contributed by atoms with Crippen LogP contribution in [0.2, 0.25) is 0 Å². The quantitative estimate of drug-likeness (QED) is 0.676. The molecule has 0 aliphatic carbocycles. The summed E-state index contributed by atoms with van der Waals surface area (Å²) in [6.45, 7) is 4.24. The van der Waals surface area contributed by atoms with Crippen LogP contribution >= 0.6 is 0 Å². The first-order valence-corrected chi connectivity index (χ1v) is 6.40. The Balaban J connectivity index is 2.83. The fraction of sp³-hybridized carbons (Fsp3) is 0.615. The number of aromatic nitrogens is 2. The fourth-order valence-electron chi connectivity index (χ4n) is 1.73. The van der Waals surface area contributed by atoms with Crippen molar-refractivity contribution in [3.63, 3.8) is 0 Å². The number of hydrogen-bond donors (Lipinski definition) is 1. The SMILES string of the molecule is COCCCN(CCOC)c1ncc(C(=O)O)c(C)n1. The van der Waals surface area contributed by atoms with Crippen molar-refractivity contribution in [1.29, 1.82) is 0 Å². The Morgan fingerprint density at radius 3 is 2.55 bits per heavy atom. The van der Waals surface area contributed by atoms with E-state index in [0.29, 0.717) is 31.4 Å². The molecule has 0 atom stereocenters. The topological polar surface area (TPSA) is 84.8 Å². The normalized spacial score (nSPS) is 10.6. The third-order valence-electron chi connectivity index (χ3n) is 2.82. The Bertz CT molecular complexity index is 440. The van der Waals surface area contributed by atoms with Crippen molar-refractivity contribution in [3.05, 3.63) is 17.5 Å². The smallest absolute Gasteiger partial charge is 0.339 e. The molecule has 1 N–H and O–H groups in total. The molecular weight excluding hydrogens is 262 g/mol. The van der Waals surface area contributed by atoms with Crippen LogP contribution in [0.1, 0.15) is 22.5 Å². The number of carbonyl (C=O) groups is 1. The molecule has 1 aromatic rings. The Kier molecular flexibility index (Phi) is 6.89. The zero-order valence-electron chi connectivity index (χ0n) is 12.1. The summed E-state index contributed by atoms with van der Waals surface area (Å²) in [5.74, 6) is -0.502. The third-order valence-corrected chi connectivity index (χ3v) is 2.82. The van der Waals surface area contributed by atoms with Gasteiger partial charge in [0, 0.05) is 40.1 Å². The van der Waals surface area contributed by atoms with Crippen molar-refractivity contribution in [2.24, 2.45) is 0 Å². The number of hydrogen-bond acceptors (Lipinski definition) is 6. The fourth-order valence-corrected chi connectivity index (χ4v) is 1.73. The van der Waals surface area contributed by atoms with E-state index < -0.39 is 5.97 Å². The van der Waals surface area contributed by atoms with E-state index in [0.717, 1.165) is 13.0 Å². The minimum atomic E-state index is -1.02. The third kappa shape index (κ3) is 4.75. The summed E-state index contributed by atoms with van der Waals surface area (Å²) in [4.78, 5) is 21.3. The lowest BCUT2D eigenvalue weighted by Crippen LogP contribution is -2.31. The number of rotatable bonds is 9. The van der Waals surface area contributed by atoms with Gasteiger partial charge in [-0.05, 0) is 13.3 Å². The van der Waals surface area contributed by atoms with E-state index in [1.807, 2.05) is 4.90 Å². The first-order chi connectivity index (χ1) is 9.60. The van der Waals surface area contributed by atoms with Crippen LogP contribution in [-0.4, -0.2) is 61.6 Å². The number of methoxy groups -OCH3 is 2. The van der Waals surface area contributed by atoms with E-state index in [1.54, 1.807) is 21.1 Å². The predicted octanol–water partition coefficient (Wildman–Crippen LogP) is 0.973. The highest BCUT2D eigenvalue weighted by Gasteiger charge is 2.14. The van der Waals surface area contributed by atoms with Crippen LogP contribution in [0.3, 0.4) is 0 Å². The number of carboxylic acid groups (broad SMARTS) is 1. The van der Waals surface area contributed by atoms with Crippen LogP contribution in [0.15, 0.2) is 6.20 Å². The van der Waals surface area contributed by atoms with Crippen LogP contribution in [0.5, 0.6) is 0 Å². The Labute approximate surface area is 118 Å².